The van der Waals surface area contributed by atoms with Crippen LogP contribution in [0.4, 0.5) is 0 Å². The molecular formula is C14H14N2S. The first-order valence-electron chi connectivity index (χ1n) is 5.55. The smallest absolute Gasteiger partial charge is 0.131 e. The van der Waals surface area contributed by atoms with Crippen LogP contribution < -0.4 is 5.32 Å². The first-order chi connectivity index (χ1) is 8.31. The summed E-state index contributed by atoms with van der Waals surface area (Å²) in [4.78, 5) is 1.07. The Morgan fingerprint density at radius 3 is 2.53 bits per heavy atom. The topological polar surface area (TPSA) is 35.8 Å². The van der Waals surface area contributed by atoms with E-state index in [2.05, 4.69) is 30.4 Å². The summed E-state index contributed by atoms with van der Waals surface area (Å²) < 4.78 is 0. The molecule has 17 heavy (non-hydrogen) atoms. The summed E-state index contributed by atoms with van der Waals surface area (Å²) >= 11 is 1.61. The van der Waals surface area contributed by atoms with Crippen LogP contribution in [0, 0.1) is 11.3 Å². The zero-order valence-corrected chi connectivity index (χ0v) is 10.4. The average Bonchev–Trinajstić information content (AvgIpc) is 2.90. The molecule has 0 bridgehead atoms. The van der Waals surface area contributed by atoms with Crippen molar-refractivity contribution in [2.75, 3.05) is 0 Å². The number of nitrogens with zero attached hydrogens (tertiary/aromatic N) is 1. The molecule has 1 N–H and O–H groups in total. The SMILES string of the molecule is C[C@H](N[C@H](C#N)c1cccs1)c1ccccc1. The zero-order valence-electron chi connectivity index (χ0n) is 9.63. The fourth-order valence-electron chi connectivity index (χ4n) is 1.73. The lowest BCUT2D eigenvalue weighted by Gasteiger charge is -2.17. The van der Waals surface area contributed by atoms with Crippen molar-refractivity contribution in [2.24, 2.45) is 0 Å². The van der Waals surface area contributed by atoms with Crippen molar-refractivity contribution in [2.45, 2.75) is 19.0 Å². The third-order valence-corrected chi connectivity index (χ3v) is 3.61. The number of hydrogen-bond acceptors (Lipinski definition) is 3. The first kappa shape index (κ1) is 11.8. The average molecular weight is 242 g/mol. The van der Waals surface area contributed by atoms with Crippen LogP contribution in [0.5, 0.6) is 0 Å². The van der Waals surface area contributed by atoms with Gasteiger partial charge in [-0.05, 0) is 23.9 Å². The monoisotopic (exact) mass is 242 g/mol. The minimum absolute atomic E-state index is 0.169. The van der Waals surface area contributed by atoms with Crippen molar-refractivity contribution < 1.29 is 0 Å². The van der Waals surface area contributed by atoms with E-state index in [-0.39, 0.29) is 12.1 Å². The van der Waals surface area contributed by atoms with Gasteiger partial charge in [-0.1, -0.05) is 36.4 Å². The van der Waals surface area contributed by atoms with Gasteiger partial charge in [0.15, 0.2) is 0 Å². The third kappa shape index (κ3) is 2.94. The van der Waals surface area contributed by atoms with Crippen molar-refractivity contribution in [3.63, 3.8) is 0 Å². The van der Waals surface area contributed by atoms with Crippen LogP contribution in [0.15, 0.2) is 47.8 Å². The number of nitriles is 1. The third-order valence-electron chi connectivity index (χ3n) is 2.67. The summed E-state index contributed by atoms with van der Waals surface area (Å²) in [6.07, 6.45) is 0. The molecule has 0 aliphatic carbocycles. The van der Waals surface area contributed by atoms with E-state index in [4.69, 9.17) is 0 Å². The van der Waals surface area contributed by atoms with E-state index in [9.17, 15) is 5.26 Å². The lowest BCUT2D eigenvalue weighted by molar-refractivity contribution is 0.538. The van der Waals surface area contributed by atoms with Crippen LogP contribution in [-0.4, -0.2) is 0 Å². The molecule has 86 valence electrons. The summed E-state index contributed by atoms with van der Waals surface area (Å²) in [5, 5.41) is 14.5. The molecule has 0 saturated carbocycles. The minimum Gasteiger partial charge on any atom is -0.291 e. The van der Waals surface area contributed by atoms with Crippen LogP contribution >= 0.6 is 11.3 Å². The van der Waals surface area contributed by atoms with E-state index in [1.807, 2.05) is 35.7 Å². The van der Waals surface area contributed by atoms with Gasteiger partial charge in [0, 0.05) is 10.9 Å². The molecule has 0 fully saturated rings. The Bertz CT molecular complexity index is 485. The minimum atomic E-state index is -0.231. The van der Waals surface area contributed by atoms with E-state index in [1.54, 1.807) is 11.3 Å². The van der Waals surface area contributed by atoms with Crippen molar-refractivity contribution in [3.8, 4) is 6.07 Å². The second-order valence-electron chi connectivity index (χ2n) is 3.88. The predicted molar refractivity (Wildman–Crippen MR) is 70.7 cm³/mol. The maximum Gasteiger partial charge on any atom is 0.131 e. The summed E-state index contributed by atoms with van der Waals surface area (Å²) in [7, 11) is 0. The van der Waals surface area contributed by atoms with E-state index in [0.717, 1.165) is 4.88 Å². The summed E-state index contributed by atoms with van der Waals surface area (Å²) in [6.45, 7) is 2.08. The van der Waals surface area contributed by atoms with E-state index in [0.29, 0.717) is 0 Å². The fraction of sp³-hybridized carbons (Fsp3) is 0.214. The molecule has 2 rings (SSSR count). The van der Waals surface area contributed by atoms with Gasteiger partial charge in [0.2, 0.25) is 0 Å². The molecule has 2 aromatic rings. The molecule has 1 heterocycles. The van der Waals surface area contributed by atoms with Gasteiger partial charge in [0.05, 0.1) is 6.07 Å². The molecule has 2 atom stereocenters. The molecule has 2 nitrogen and oxygen atoms in total. The summed E-state index contributed by atoms with van der Waals surface area (Å²) in [5.74, 6) is 0. The van der Waals surface area contributed by atoms with Crippen molar-refractivity contribution in [1.29, 1.82) is 5.26 Å². The lowest BCUT2D eigenvalue weighted by Crippen LogP contribution is -2.22. The van der Waals surface area contributed by atoms with Crippen LogP contribution in [0.3, 0.4) is 0 Å². The van der Waals surface area contributed by atoms with Crippen LogP contribution in [0.2, 0.25) is 0 Å². The highest BCUT2D eigenvalue weighted by Gasteiger charge is 2.15. The number of rotatable bonds is 4. The quantitative estimate of drug-likeness (QED) is 0.888. The van der Waals surface area contributed by atoms with Gasteiger partial charge < -0.3 is 0 Å². The normalized spacial score (nSPS) is 13.9. The Morgan fingerprint density at radius 1 is 1.18 bits per heavy atom. The molecule has 0 radical (unpaired) electrons. The van der Waals surface area contributed by atoms with Gasteiger partial charge in [-0.25, -0.2) is 0 Å². The van der Waals surface area contributed by atoms with Crippen LogP contribution in [0.25, 0.3) is 0 Å². The Kier molecular flexibility index (Phi) is 3.92. The van der Waals surface area contributed by atoms with Crippen LogP contribution in [-0.2, 0) is 0 Å². The number of benzene rings is 1. The van der Waals surface area contributed by atoms with Gasteiger partial charge in [0.25, 0.3) is 0 Å². The Balaban J connectivity index is 2.08. The Morgan fingerprint density at radius 2 is 1.94 bits per heavy atom. The first-order valence-corrected chi connectivity index (χ1v) is 6.43. The molecule has 0 amide bonds. The number of nitrogens with one attached hydrogen (secondary N) is 1. The van der Waals surface area contributed by atoms with Crippen LogP contribution in [0.1, 0.15) is 29.4 Å². The Labute approximate surface area is 106 Å². The molecular weight excluding hydrogens is 228 g/mol. The van der Waals surface area contributed by atoms with Gasteiger partial charge in [-0.3, -0.25) is 5.32 Å². The predicted octanol–water partition coefficient (Wildman–Crippen LogP) is 3.66. The van der Waals surface area contributed by atoms with Gasteiger partial charge >= 0.3 is 0 Å². The van der Waals surface area contributed by atoms with Gasteiger partial charge in [-0.2, -0.15) is 5.26 Å². The highest BCUT2D eigenvalue weighted by atomic mass is 32.1. The van der Waals surface area contributed by atoms with Crippen molar-refractivity contribution in [1.82, 2.24) is 5.32 Å². The lowest BCUT2D eigenvalue weighted by atomic mass is 10.1. The second-order valence-corrected chi connectivity index (χ2v) is 4.86. The molecule has 1 aromatic heterocycles. The van der Waals surface area contributed by atoms with Crippen molar-refractivity contribution in [3.05, 3.63) is 58.3 Å². The molecule has 0 spiro atoms. The number of hydrogen-bond donors (Lipinski definition) is 1. The zero-order chi connectivity index (χ0) is 12.1. The van der Waals surface area contributed by atoms with E-state index >= 15 is 0 Å². The molecule has 0 unspecified atom stereocenters. The summed E-state index contributed by atoms with van der Waals surface area (Å²) in [6, 6.07) is 16.4. The van der Waals surface area contributed by atoms with E-state index in [1.165, 1.54) is 5.56 Å². The Hall–Kier alpha value is -1.63. The molecule has 1 aromatic carbocycles. The highest BCUT2D eigenvalue weighted by molar-refractivity contribution is 7.10. The fourth-order valence-corrected chi connectivity index (χ4v) is 2.45. The maximum absolute atomic E-state index is 9.19. The summed E-state index contributed by atoms with van der Waals surface area (Å²) in [5.41, 5.74) is 1.20. The molecule has 3 heteroatoms. The standard InChI is InChI=1S/C14H14N2S/c1-11(12-6-3-2-4-7-12)16-13(10-15)14-8-5-9-17-14/h2-9,11,13,16H,1H3/t11-,13+/m0/s1. The van der Waals surface area contributed by atoms with Gasteiger partial charge in [-0.15, -0.1) is 11.3 Å². The molecule has 0 saturated heterocycles. The highest BCUT2D eigenvalue weighted by Crippen LogP contribution is 2.22. The van der Waals surface area contributed by atoms with Gasteiger partial charge in [0.1, 0.15) is 6.04 Å². The van der Waals surface area contributed by atoms with E-state index < -0.39 is 0 Å². The number of thiophene rings is 1. The largest absolute Gasteiger partial charge is 0.291 e. The maximum atomic E-state index is 9.19. The molecule has 0 aliphatic heterocycles. The second kappa shape index (κ2) is 5.62. The molecule has 0 aliphatic rings. The van der Waals surface area contributed by atoms with Crippen molar-refractivity contribution >= 4 is 11.3 Å².